The lowest BCUT2D eigenvalue weighted by Crippen LogP contribution is -2.51. The van der Waals surface area contributed by atoms with Crippen molar-refractivity contribution in [1.29, 1.82) is 10.5 Å². The van der Waals surface area contributed by atoms with Crippen LogP contribution in [0.25, 0.3) is 0 Å². The average molecular weight is 588 g/mol. The Morgan fingerprint density at radius 2 is 1.16 bits per heavy atom. The van der Waals surface area contributed by atoms with Gasteiger partial charge < -0.3 is 0 Å². The molecule has 2 aromatic rings. The molecule has 2 unspecified atom stereocenters. The van der Waals surface area contributed by atoms with Crippen LogP contribution in [0.1, 0.15) is 118 Å². The minimum absolute atomic E-state index is 0.158. The van der Waals surface area contributed by atoms with Crippen LogP contribution in [0.5, 0.6) is 0 Å². The Balaban J connectivity index is 0.000000143. The molecule has 6 fully saturated rings. The van der Waals surface area contributed by atoms with Crippen LogP contribution < -0.4 is 0 Å². The van der Waals surface area contributed by atoms with Crippen LogP contribution in [0.15, 0.2) is 36.9 Å². The van der Waals surface area contributed by atoms with E-state index < -0.39 is 18.1 Å². The fourth-order valence-corrected chi connectivity index (χ4v) is 8.93. The largest absolute Gasteiger partial charge is 0.401 e. The van der Waals surface area contributed by atoms with Gasteiger partial charge in [-0.3, -0.25) is 14.9 Å². The van der Waals surface area contributed by atoms with E-state index in [0.717, 1.165) is 61.8 Å². The predicted octanol–water partition coefficient (Wildman–Crippen LogP) is 7.84. The quantitative estimate of drug-likeness (QED) is 0.356. The number of piperidine rings is 1. The molecule has 43 heavy (non-hydrogen) atoms. The lowest BCUT2D eigenvalue weighted by molar-refractivity contribution is -0.156. The van der Waals surface area contributed by atoms with Gasteiger partial charge in [0.15, 0.2) is 0 Å². The Morgan fingerprint density at radius 1 is 0.698 bits per heavy atom. The third kappa shape index (κ3) is 5.80. The number of alkyl halides is 3. The van der Waals surface area contributed by atoms with Gasteiger partial charge in [-0.05, 0) is 117 Å². The van der Waals surface area contributed by atoms with Gasteiger partial charge in [0.1, 0.15) is 0 Å². The second-order valence-corrected chi connectivity index (χ2v) is 14.5. The van der Waals surface area contributed by atoms with Crippen molar-refractivity contribution in [3.05, 3.63) is 59.2 Å². The van der Waals surface area contributed by atoms with Gasteiger partial charge in [-0.2, -0.15) is 23.7 Å². The number of nitrogens with zero attached hydrogens (tertiary/aromatic N) is 5. The number of fused-ring (bicyclic) bond motifs is 4. The zero-order chi connectivity index (χ0) is 29.8. The van der Waals surface area contributed by atoms with Crippen molar-refractivity contribution in [3.8, 4) is 12.1 Å². The van der Waals surface area contributed by atoms with Gasteiger partial charge in [-0.25, -0.2) is 0 Å². The third-order valence-corrected chi connectivity index (χ3v) is 11.4. The molecule has 4 heterocycles. The molecule has 2 aromatic heterocycles. The third-order valence-electron chi connectivity index (χ3n) is 11.4. The van der Waals surface area contributed by atoms with E-state index in [4.69, 9.17) is 0 Å². The molecule has 0 spiro atoms. The maximum atomic E-state index is 12.8. The van der Waals surface area contributed by atoms with E-state index in [0.29, 0.717) is 18.8 Å². The van der Waals surface area contributed by atoms with Crippen LogP contribution in [-0.2, 0) is 10.8 Å². The van der Waals surface area contributed by atoms with Gasteiger partial charge in [-0.1, -0.05) is 25.0 Å². The Bertz CT molecular complexity index is 1410. The SMILES string of the molecule is N#CC1(c2cncc(C3CC3)c2)C[C@@H]2CC[C@@H](C2)C1.N#CC1(c2cncc(C3CC3)c2)C[C@H]2CC[C@@H](C1)N2CC(F)(F)F. The van der Waals surface area contributed by atoms with Gasteiger partial charge in [0.2, 0.25) is 0 Å². The molecule has 226 valence electrons. The summed E-state index contributed by atoms with van der Waals surface area (Å²) in [6, 6.07) is 9.19. The molecule has 5 nitrogen and oxygen atoms in total. The summed E-state index contributed by atoms with van der Waals surface area (Å²) in [5, 5.41) is 19.7. The molecular formula is C35H40F3N5. The fraction of sp³-hybridized carbons (Fsp3) is 0.657. The van der Waals surface area contributed by atoms with Gasteiger partial charge in [-0.15, -0.1) is 0 Å². The summed E-state index contributed by atoms with van der Waals surface area (Å²) in [4.78, 5) is 10.3. The zero-order valence-electron chi connectivity index (χ0n) is 24.7. The molecule has 0 aromatic carbocycles. The molecule has 8 rings (SSSR count). The standard InChI is InChI=1S/C18H20F3N3.C17H20N2/c19-18(20,21)11-24-15-3-4-16(24)7-17(6-15,10-22)14-5-13(8-23-9-14)12-1-2-12;18-11-17(7-12-1-2-13(5-12)8-17)16-6-15(9-19-10-16)14-3-4-14/h5,8-9,12,15-16H,1-4,6-7,11H2;6,9-10,12-14H,1-5,7-8H2/t15-,16+,17?;12-,13+,17?. The van der Waals surface area contributed by atoms with E-state index >= 15 is 0 Å². The number of halogens is 3. The summed E-state index contributed by atoms with van der Waals surface area (Å²) < 4.78 is 38.5. The molecule has 8 heteroatoms. The first kappa shape index (κ1) is 28.8. The van der Waals surface area contributed by atoms with E-state index in [1.165, 1.54) is 48.8 Å². The molecule has 0 N–H and O–H groups in total. The maximum Gasteiger partial charge on any atom is 0.401 e. The summed E-state index contributed by atoms with van der Waals surface area (Å²) in [6.45, 7) is -0.857. The Labute approximate surface area is 252 Å². The minimum Gasteiger partial charge on any atom is -0.289 e. The first-order valence-corrected chi connectivity index (χ1v) is 16.2. The second kappa shape index (κ2) is 10.9. The van der Waals surface area contributed by atoms with Crippen molar-refractivity contribution in [2.45, 2.75) is 124 Å². The van der Waals surface area contributed by atoms with Crippen LogP contribution >= 0.6 is 0 Å². The van der Waals surface area contributed by atoms with Crippen molar-refractivity contribution in [2.24, 2.45) is 11.8 Å². The summed E-state index contributed by atoms with van der Waals surface area (Å²) >= 11 is 0. The number of rotatable bonds is 5. The highest BCUT2D eigenvalue weighted by Gasteiger charge is 2.52. The summed E-state index contributed by atoms with van der Waals surface area (Å²) in [5.41, 5.74) is 3.72. The van der Waals surface area contributed by atoms with E-state index in [1.54, 1.807) is 11.1 Å². The molecule has 4 bridgehead atoms. The number of hydrogen-bond donors (Lipinski definition) is 0. The maximum absolute atomic E-state index is 12.8. The molecule has 6 atom stereocenters. The van der Waals surface area contributed by atoms with Crippen molar-refractivity contribution >= 4 is 0 Å². The molecule has 6 aliphatic rings. The lowest BCUT2D eigenvalue weighted by atomic mass is 9.66. The lowest BCUT2D eigenvalue weighted by Gasteiger charge is -2.43. The zero-order valence-corrected chi connectivity index (χ0v) is 24.7. The summed E-state index contributed by atoms with van der Waals surface area (Å²) in [6.07, 6.45) is 16.9. The molecule has 0 amide bonds. The van der Waals surface area contributed by atoms with E-state index in [9.17, 15) is 23.7 Å². The topological polar surface area (TPSA) is 76.6 Å². The molecule has 2 aliphatic heterocycles. The first-order valence-electron chi connectivity index (χ1n) is 16.2. The Hall–Kier alpha value is -2.97. The molecular weight excluding hydrogens is 547 g/mol. The fourth-order valence-electron chi connectivity index (χ4n) is 8.93. The normalized spacial score (nSPS) is 35.0. The van der Waals surface area contributed by atoms with Crippen molar-refractivity contribution in [1.82, 2.24) is 14.9 Å². The van der Waals surface area contributed by atoms with Gasteiger partial charge in [0, 0.05) is 36.9 Å². The minimum atomic E-state index is -4.18. The highest BCUT2D eigenvalue weighted by atomic mass is 19.4. The monoisotopic (exact) mass is 587 g/mol. The highest BCUT2D eigenvalue weighted by molar-refractivity contribution is 5.38. The second-order valence-electron chi connectivity index (χ2n) is 14.5. The molecule has 4 saturated carbocycles. The van der Waals surface area contributed by atoms with Gasteiger partial charge >= 0.3 is 6.18 Å². The van der Waals surface area contributed by atoms with Crippen molar-refractivity contribution < 1.29 is 13.2 Å². The van der Waals surface area contributed by atoms with Crippen LogP contribution in [0, 0.1) is 34.5 Å². The molecule has 2 saturated heterocycles. The van der Waals surface area contributed by atoms with Crippen LogP contribution in [-0.4, -0.2) is 39.7 Å². The van der Waals surface area contributed by atoms with E-state index in [1.807, 2.05) is 18.6 Å². The molecule has 0 radical (unpaired) electrons. The Kier molecular flexibility index (Phi) is 7.28. The number of aromatic nitrogens is 2. The number of nitriles is 2. The van der Waals surface area contributed by atoms with Crippen molar-refractivity contribution in [3.63, 3.8) is 0 Å². The highest BCUT2D eigenvalue weighted by Crippen LogP contribution is 2.52. The first-order chi connectivity index (χ1) is 20.7. The van der Waals surface area contributed by atoms with Crippen LogP contribution in [0.2, 0.25) is 0 Å². The summed E-state index contributed by atoms with van der Waals surface area (Å²) in [7, 11) is 0. The Morgan fingerprint density at radius 3 is 1.58 bits per heavy atom. The van der Waals surface area contributed by atoms with E-state index in [-0.39, 0.29) is 17.5 Å². The van der Waals surface area contributed by atoms with Crippen LogP contribution in [0.3, 0.4) is 0 Å². The smallest absolute Gasteiger partial charge is 0.289 e. The number of hydrogen-bond acceptors (Lipinski definition) is 5. The van der Waals surface area contributed by atoms with E-state index in [2.05, 4.69) is 34.2 Å². The van der Waals surface area contributed by atoms with Crippen molar-refractivity contribution in [2.75, 3.05) is 6.54 Å². The predicted molar refractivity (Wildman–Crippen MR) is 156 cm³/mol. The van der Waals surface area contributed by atoms with Gasteiger partial charge in [0.25, 0.3) is 0 Å². The van der Waals surface area contributed by atoms with Gasteiger partial charge in [0.05, 0.1) is 29.5 Å². The number of pyridine rings is 2. The average Bonchev–Trinajstić information content (AvgIpc) is 3.93. The molecule has 4 aliphatic carbocycles. The summed E-state index contributed by atoms with van der Waals surface area (Å²) in [5.74, 6) is 2.84. The van der Waals surface area contributed by atoms with Crippen LogP contribution in [0.4, 0.5) is 13.2 Å².